The number of carbonyl (C=O) groups excluding carboxylic acids is 1. The molecule has 0 rings (SSSR count). The zero-order valence-electron chi connectivity index (χ0n) is 11.9. The van der Waals surface area contributed by atoms with Crippen LogP contribution in [0.15, 0.2) is 0 Å². The average molecular weight is 244 g/mol. The number of nitrogens with one attached hydrogen (secondary N) is 2. The molecular formula is C13H28N2O2. The van der Waals surface area contributed by atoms with Gasteiger partial charge >= 0.3 is 0 Å². The van der Waals surface area contributed by atoms with Crippen molar-refractivity contribution >= 4 is 5.91 Å². The summed E-state index contributed by atoms with van der Waals surface area (Å²) in [7, 11) is 1.69. The van der Waals surface area contributed by atoms with Crippen molar-refractivity contribution in [2.75, 3.05) is 26.8 Å². The average Bonchev–Trinajstić information content (AvgIpc) is 2.25. The Morgan fingerprint density at radius 2 is 1.88 bits per heavy atom. The zero-order valence-corrected chi connectivity index (χ0v) is 11.9. The summed E-state index contributed by atoms with van der Waals surface area (Å²) in [5.74, 6) is 1.13. The van der Waals surface area contributed by atoms with Crippen molar-refractivity contribution in [3.8, 4) is 0 Å². The molecule has 2 unspecified atom stereocenters. The van der Waals surface area contributed by atoms with Gasteiger partial charge in [0.1, 0.15) is 0 Å². The van der Waals surface area contributed by atoms with Crippen LogP contribution in [-0.4, -0.2) is 38.8 Å². The number of hydrogen-bond donors (Lipinski definition) is 2. The Labute approximate surface area is 105 Å². The number of carbonyl (C=O) groups is 1. The molecule has 0 aliphatic rings. The summed E-state index contributed by atoms with van der Waals surface area (Å²) in [5, 5.41) is 6.15. The molecule has 2 atom stereocenters. The molecule has 0 aliphatic heterocycles. The molecular weight excluding hydrogens is 216 g/mol. The molecule has 0 aromatic carbocycles. The van der Waals surface area contributed by atoms with Gasteiger partial charge in [0.15, 0.2) is 0 Å². The molecule has 4 heteroatoms. The maximum atomic E-state index is 11.7. The minimum absolute atomic E-state index is 0.0790. The largest absolute Gasteiger partial charge is 0.384 e. The summed E-state index contributed by atoms with van der Waals surface area (Å²) in [6.45, 7) is 10.6. The standard InChI is InChI=1S/C13H28N2O2/c1-10(2)6-7-14-13(16)12(4)15-8-11(3)9-17-5/h10-12,15H,6-9H2,1-5H3,(H,14,16). The van der Waals surface area contributed by atoms with Crippen LogP contribution in [0.4, 0.5) is 0 Å². The third kappa shape index (κ3) is 9.12. The summed E-state index contributed by atoms with van der Waals surface area (Å²) in [6.07, 6.45) is 1.03. The highest BCUT2D eigenvalue weighted by Gasteiger charge is 2.12. The van der Waals surface area contributed by atoms with Gasteiger partial charge in [-0.2, -0.15) is 0 Å². The summed E-state index contributed by atoms with van der Waals surface area (Å²) >= 11 is 0. The topological polar surface area (TPSA) is 50.4 Å². The van der Waals surface area contributed by atoms with Crippen LogP contribution in [0.1, 0.15) is 34.1 Å². The Kier molecular flexibility index (Phi) is 9.09. The lowest BCUT2D eigenvalue weighted by Gasteiger charge is -2.17. The van der Waals surface area contributed by atoms with E-state index in [4.69, 9.17) is 4.74 Å². The molecule has 1 amide bonds. The second-order valence-electron chi connectivity index (χ2n) is 5.16. The fourth-order valence-corrected chi connectivity index (χ4v) is 1.45. The molecule has 0 saturated heterocycles. The first-order chi connectivity index (χ1) is 7.97. The molecule has 0 saturated carbocycles. The third-order valence-electron chi connectivity index (χ3n) is 2.64. The normalized spacial score (nSPS) is 14.7. The summed E-state index contributed by atoms with van der Waals surface area (Å²) in [5.41, 5.74) is 0. The Hall–Kier alpha value is -0.610. The molecule has 0 aromatic heterocycles. The van der Waals surface area contributed by atoms with Gasteiger partial charge in [-0.05, 0) is 25.2 Å². The molecule has 0 spiro atoms. The fourth-order valence-electron chi connectivity index (χ4n) is 1.45. The monoisotopic (exact) mass is 244 g/mol. The lowest BCUT2D eigenvalue weighted by molar-refractivity contribution is -0.122. The predicted octanol–water partition coefficient (Wildman–Crippen LogP) is 1.41. The fraction of sp³-hybridized carbons (Fsp3) is 0.923. The minimum Gasteiger partial charge on any atom is -0.384 e. The number of ether oxygens (including phenoxy) is 1. The lowest BCUT2D eigenvalue weighted by Crippen LogP contribution is -2.44. The van der Waals surface area contributed by atoms with Gasteiger partial charge in [-0.3, -0.25) is 4.79 Å². The van der Waals surface area contributed by atoms with Crippen molar-refractivity contribution in [2.45, 2.75) is 40.2 Å². The summed E-state index contributed by atoms with van der Waals surface area (Å²) in [6, 6.07) is -0.138. The van der Waals surface area contributed by atoms with Gasteiger partial charge in [0.2, 0.25) is 5.91 Å². The van der Waals surface area contributed by atoms with E-state index in [1.165, 1.54) is 0 Å². The number of rotatable bonds is 9. The van der Waals surface area contributed by atoms with Crippen LogP contribution < -0.4 is 10.6 Å². The SMILES string of the molecule is COCC(C)CNC(C)C(=O)NCCC(C)C. The van der Waals surface area contributed by atoms with Crippen LogP contribution in [0, 0.1) is 11.8 Å². The van der Waals surface area contributed by atoms with Crippen molar-refractivity contribution < 1.29 is 9.53 Å². The molecule has 17 heavy (non-hydrogen) atoms. The highest BCUT2D eigenvalue weighted by Crippen LogP contribution is 1.97. The molecule has 0 aliphatic carbocycles. The van der Waals surface area contributed by atoms with Crippen LogP contribution >= 0.6 is 0 Å². The van der Waals surface area contributed by atoms with Crippen LogP contribution in [0.5, 0.6) is 0 Å². The first-order valence-electron chi connectivity index (χ1n) is 6.47. The van der Waals surface area contributed by atoms with E-state index in [0.717, 1.165) is 19.5 Å². The highest BCUT2D eigenvalue weighted by atomic mass is 16.5. The first-order valence-corrected chi connectivity index (χ1v) is 6.47. The Bertz CT molecular complexity index is 208. The van der Waals surface area contributed by atoms with Crippen LogP contribution in [-0.2, 0) is 9.53 Å². The maximum Gasteiger partial charge on any atom is 0.236 e. The van der Waals surface area contributed by atoms with Crippen molar-refractivity contribution in [3.05, 3.63) is 0 Å². The van der Waals surface area contributed by atoms with E-state index in [2.05, 4.69) is 31.4 Å². The van der Waals surface area contributed by atoms with Crippen molar-refractivity contribution in [3.63, 3.8) is 0 Å². The summed E-state index contributed by atoms with van der Waals surface area (Å²) in [4.78, 5) is 11.7. The van der Waals surface area contributed by atoms with E-state index < -0.39 is 0 Å². The Balaban J connectivity index is 3.67. The number of methoxy groups -OCH3 is 1. The van der Waals surface area contributed by atoms with Gasteiger partial charge in [-0.15, -0.1) is 0 Å². The van der Waals surface area contributed by atoms with E-state index in [9.17, 15) is 4.79 Å². The Morgan fingerprint density at radius 3 is 2.41 bits per heavy atom. The molecule has 0 heterocycles. The Morgan fingerprint density at radius 1 is 1.24 bits per heavy atom. The quantitative estimate of drug-likeness (QED) is 0.645. The molecule has 102 valence electrons. The van der Waals surface area contributed by atoms with Gasteiger partial charge in [0.25, 0.3) is 0 Å². The van der Waals surface area contributed by atoms with Crippen molar-refractivity contribution in [1.82, 2.24) is 10.6 Å². The van der Waals surface area contributed by atoms with Gasteiger partial charge in [0, 0.05) is 26.8 Å². The number of amides is 1. The highest BCUT2D eigenvalue weighted by molar-refractivity contribution is 5.81. The van der Waals surface area contributed by atoms with Gasteiger partial charge < -0.3 is 15.4 Å². The molecule has 2 N–H and O–H groups in total. The maximum absolute atomic E-state index is 11.7. The second-order valence-corrected chi connectivity index (χ2v) is 5.16. The minimum atomic E-state index is -0.138. The van der Waals surface area contributed by atoms with Crippen LogP contribution in [0.2, 0.25) is 0 Å². The lowest BCUT2D eigenvalue weighted by atomic mass is 10.1. The molecule has 0 aromatic rings. The molecule has 0 bridgehead atoms. The first kappa shape index (κ1) is 16.4. The van der Waals surface area contributed by atoms with Crippen LogP contribution in [0.3, 0.4) is 0 Å². The smallest absolute Gasteiger partial charge is 0.236 e. The second kappa shape index (κ2) is 9.42. The van der Waals surface area contributed by atoms with E-state index >= 15 is 0 Å². The van der Waals surface area contributed by atoms with Crippen molar-refractivity contribution in [2.24, 2.45) is 11.8 Å². The van der Waals surface area contributed by atoms with Crippen LogP contribution in [0.25, 0.3) is 0 Å². The van der Waals surface area contributed by atoms with E-state index in [0.29, 0.717) is 18.4 Å². The molecule has 4 nitrogen and oxygen atoms in total. The van der Waals surface area contributed by atoms with Crippen molar-refractivity contribution in [1.29, 1.82) is 0 Å². The zero-order chi connectivity index (χ0) is 13.3. The van der Waals surface area contributed by atoms with Gasteiger partial charge in [0.05, 0.1) is 6.04 Å². The predicted molar refractivity (Wildman–Crippen MR) is 71.0 cm³/mol. The van der Waals surface area contributed by atoms with Gasteiger partial charge in [-0.1, -0.05) is 20.8 Å². The van der Waals surface area contributed by atoms with E-state index in [-0.39, 0.29) is 11.9 Å². The van der Waals surface area contributed by atoms with Gasteiger partial charge in [-0.25, -0.2) is 0 Å². The third-order valence-corrected chi connectivity index (χ3v) is 2.64. The number of hydrogen-bond acceptors (Lipinski definition) is 3. The summed E-state index contributed by atoms with van der Waals surface area (Å²) < 4.78 is 5.05. The van der Waals surface area contributed by atoms with E-state index in [1.807, 2.05) is 6.92 Å². The van der Waals surface area contributed by atoms with E-state index in [1.54, 1.807) is 7.11 Å². The molecule has 0 fully saturated rings. The molecule has 0 radical (unpaired) electrons.